The van der Waals surface area contributed by atoms with Crippen LogP contribution >= 0.6 is 15.9 Å². The highest BCUT2D eigenvalue weighted by Gasteiger charge is 2.64. The minimum absolute atomic E-state index is 0.122. The Morgan fingerprint density at radius 2 is 1.87 bits per heavy atom. The molecule has 5 atom stereocenters. The van der Waals surface area contributed by atoms with Crippen LogP contribution < -0.4 is 11.5 Å². The SMILES string of the molecule is C[C@H]1c2cc(Br)c(N)c(O)c2C(=O)C2=C(O)[C@]3(O)C(=O)C(C(N)=O)=C(O)C[C@@H]3[C@@H](O)[C@@H]21. The summed E-state index contributed by atoms with van der Waals surface area (Å²) in [6.45, 7) is 1.63. The Balaban J connectivity index is 2.02. The first kappa shape index (κ1) is 21.3. The summed E-state index contributed by atoms with van der Waals surface area (Å²) in [4.78, 5) is 37.9. The number of nitrogen functional groups attached to an aromatic ring is 1. The van der Waals surface area contributed by atoms with Crippen molar-refractivity contribution in [2.24, 2.45) is 17.6 Å². The molecule has 9 N–H and O–H groups in total. The van der Waals surface area contributed by atoms with E-state index in [0.29, 0.717) is 10.0 Å². The molecule has 1 aromatic rings. The fourth-order valence-electron chi connectivity index (χ4n) is 5.04. The van der Waals surface area contributed by atoms with Gasteiger partial charge < -0.3 is 37.0 Å². The van der Waals surface area contributed by atoms with Crippen molar-refractivity contribution in [2.75, 3.05) is 5.73 Å². The Kier molecular flexibility index (Phi) is 4.51. The van der Waals surface area contributed by atoms with Gasteiger partial charge in [0.1, 0.15) is 17.1 Å². The lowest BCUT2D eigenvalue weighted by Gasteiger charge is -2.50. The number of anilines is 1. The van der Waals surface area contributed by atoms with Gasteiger partial charge >= 0.3 is 0 Å². The summed E-state index contributed by atoms with van der Waals surface area (Å²) < 4.78 is 0.321. The zero-order chi connectivity index (χ0) is 23.2. The van der Waals surface area contributed by atoms with Crippen molar-refractivity contribution < 1.29 is 39.9 Å². The van der Waals surface area contributed by atoms with Gasteiger partial charge in [0.05, 0.1) is 17.4 Å². The predicted molar refractivity (Wildman–Crippen MR) is 109 cm³/mol. The van der Waals surface area contributed by atoms with E-state index in [1.807, 2.05) is 0 Å². The number of fused-ring (bicyclic) bond motifs is 3. The highest BCUT2D eigenvalue weighted by Crippen LogP contribution is 2.55. The van der Waals surface area contributed by atoms with Crippen molar-refractivity contribution in [3.63, 3.8) is 0 Å². The number of hydrogen-bond acceptors (Lipinski definition) is 9. The van der Waals surface area contributed by atoms with Gasteiger partial charge in [0.2, 0.25) is 5.78 Å². The maximum atomic E-state index is 13.3. The molecule has 0 spiro atoms. The van der Waals surface area contributed by atoms with Crippen LogP contribution in [-0.2, 0) is 9.59 Å². The first-order valence-corrected chi connectivity index (χ1v) is 10.1. The number of allylic oxidation sites excluding steroid dienone is 1. The average molecular weight is 495 g/mol. The number of amides is 1. The summed E-state index contributed by atoms with van der Waals surface area (Å²) in [6, 6.07) is 1.52. The van der Waals surface area contributed by atoms with E-state index in [4.69, 9.17) is 11.5 Å². The highest BCUT2D eigenvalue weighted by molar-refractivity contribution is 9.10. The Bertz CT molecular complexity index is 1160. The number of halogens is 1. The van der Waals surface area contributed by atoms with Crippen LogP contribution in [0.4, 0.5) is 5.69 Å². The smallest absolute Gasteiger partial charge is 0.255 e. The second-order valence-electron chi connectivity index (χ2n) is 8.07. The Morgan fingerprint density at radius 3 is 2.45 bits per heavy atom. The number of rotatable bonds is 1. The van der Waals surface area contributed by atoms with E-state index in [-0.39, 0.29) is 11.3 Å². The van der Waals surface area contributed by atoms with Crippen LogP contribution in [0.5, 0.6) is 5.75 Å². The van der Waals surface area contributed by atoms with Crippen LogP contribution in [0, 0.1) is 11.8 Å². The third-order valence-corrected chi connectivity index (χ3v) is 7.26. The van der Waals surface area contributed by atoms with Gasteiger partial charge in [0.15, 0.2) is 17.1 Å². The summed E-state index contributed by atoms with van der Waals surface area (Å²) >= 11 is 3.20. The quantitative estimate of drug-likeness (QED) is 0.164. The minimum atomic E-state index is -2.86. The molecule has 11 heteroatoms. The maximum Gasteiger partial charge on any atom is 0.255 e. The van der Waals surface area contributed by atoms with Crippen LogP contribution in [0.25, 0.3) is 0 Å². The second-order valence-corrected chi connectivity index (χ2v) is 8.93. The van der Waals surface area contributed by atoms with Crippen molar-refractivity contribution >= 4 is 39.1 Å². The van der Waals surface area contributed by atoms with E-state index in [0.717, 1.165) is 0 Å². The van der Waals surface area contributed by atoms with Crippen LogP contribution in [0.2, 0.25) is 0 Å². The van der Waals surface area contributed by atoms with Crippen molar-refractivity contribution in [3.05, 3.63) is 44.3 Å². The van der Waals surface area contributed by atoms with Crippen molar-refractivity contribution in [2.45, 2.75) is 31.0 Å². The largest absolute Gasteiger partial charge is 0.511 e. The van der Waals surface area contributed by atoms with Gasteiger partial charge in [0, 0.05) is 28.3 Å². The van der Waals surface area contributed by atoms with Crippen LogP contribution in [0.1, 0.15) is 35.2 Å². The van der Waals surface area contributed by atoms with E-state index in [1.165, 1.54) is 6.07 Å². The number of benzene rings is 1. The van der Waals surface area contributed by atoms with E-state index < -0.39 is 81.8 Å². The molecule has 0 fully saturated rings. The number of aromatic hydroxyl groups is 1. The molecular weight excluding hydrogens is 476 g/mol. The molecule has 31 heavy (non-hydrogen) atoms. The summed E-state index contributed by atoms with van der Waals surface area (Å²) in [6.07, 6.45) is -2.10. The van der Waals surface area contributed by atoms with Crippen molar-refractivity contribution in [1.29, 1.82) is 0 Å². The van der Waals surface area contributed by atoms with Crippen LogP contribution in [-0.4, -0.2) is 54.7 Å². The fourth-order valence-corrected chi connectivity index (χ4v) is 5.47. The Hall–Kier alpha value is -2.89. The molecular formula is C20H19BrN2O8. The number of ketones is 2. The molecule has 10 nitrogen and oxygen atoms in total. The molecule has 0 unspecified atom stereocenters. The fraction of sp³-hybridized carbons (Fsp3) is 0.350. The molecule has 0 aliphatic heterocycles. The zero-order valence-corrected chi connectivity index (χ0v) is 17.7. The Labute approximate surface area is 183 Å². The normalized spacial score (nSPS) is 32.5. The van der Waals surface area contributed by atoms with Gasteiger partial charge in [-0.2, -0.15) is 0 Å². The Morgan fingerprint density at radius 1 is 1.26 bits per heavy atom. The number of nitrogens with two attached hydrogens (primary N) is 2. The van der Waals surface area contributed by atoms with Crippen molar-refractivity contribution in [1.82, 2.24) is 0 Å². The topological polar surface area (TPSA) is 204 Å². The van der Waals surface area contributed by atoms with E-state index in [1.54, 1.807) is 6.92 Å². The third kappa shape index (κ3) is 2.47. The maximum absolute atomic E-state index is 13.3. The number of aliphatic hydroxyl groups excluding tert-OH is 3. The van der Waals surface area contributed by atoms with Crippen LogP contribution in [0.15, 0.2) is 33.2 Å². The summed E-state index contributed by atoms with van der Waals surface area (Å²) in [5.74, 6) is -9.16. The predicted octanol–water partition coefficient (Wildman–Crippen LogP) is 0.457. The van der Waals surface area contributed by atoms with Gasteiger partial charge in [-0.3, -0.25) is 14.4 Å². The monoisotopic (exact) mass is 494 g/mol. The third-order valence-electron chi connectivity index (χ3n) is 6.61. The van der Waals surface area contributed by atoms with E-state index in [9.17, 15) is 39.9 Å². The van der Waals surface area contributed by atoms with Crippen LogP contribution in [0.3, 0.4) is 0 Å². The first-order chi connectivity index (χ1) is 14.3. The molecule has 0 saturated carbocycles. The summed E-state index contributed by atoms with van der Waals surface area (Å²) in [7, 11) is 0. The number of phenols is 1. The van der Waals surface area contributed by atoms with Crippen molar-refractivity contribution in [3.8, 4) is 5.75 Å². The van der Waals surface area contributed by atoms with E-state index >= 15 is 0 Å². The number of carbonyl (C=O) groups excluding carboxylic acids is 3. The second kappa shape index (κ2) is 6.55. The molecule has 3 aliphatic rings. The number of primary amides is 1. The number of aliphatic hydroxyl groups is 4. The lowest BCUT2D eigenvalue weighted by molar-refractivity contribution is -0.154. The number of hydrogen-bond donors (Lipinski definition) is 7. The molecule has 3 aliphatic carbocycles. The number of phenolic OH excluding ortho intramolecular Hbond substituents is 1. The van der Waals surface area contributed by atoms with Gasteiger partial charge in [-0.25, -0.2) is 0 Å². The average Bonchev–Trinajstić information content (AvgIpc) is 2.69. The number of carbonyl (C=O) groups is 3. The summed E-state index contributed by atoms with van der Waals surface area (Å²) in [5.41, 5.74) is 6.69. The lowest BCUT2D eigenvalue weighted by Crippen LogP contribution is -2.62. The van der Waals surface area contributed by atoms with Gasteiger partial charge in [-0.1, -0.05) is 6.92 Å². The molecule has 0 bridgehead atoms. The molecule has 1 amide bonds. The zero-order valence-electron chi connectivity index (χ0n) is 16.1. The van der Waals surface area contributed by atoms with E-state index in [2.05, 4.69) is 15.9 Å². The molecule has 0 heterocycles. The molecule has 4 rings (SSSR count). The first-order valence-electron chi connectivity index (χ1n) is 9.31. The molecule has 0 saturated heterocycles. The standard InChI is InChI=1S/C20H19BrN2O8/c1-4-5-2-7(21)13(22)16(27)10(5)15(26)12-9(4)14(25)6-3-8(24)11(19(23)30)17(28)20(6,31)18(12)29/h2,4,6,9,14,24-25,27,29,31H,3,22H2,1H3,(H2,23,30)/t4-,6+,9+,14+,20+/m0/s1. The number of Topliss-reactive ketones (excluding diaryl/α,β-unsaturated/α-hetero) is 2. The molecule has 1 aromatic carbocycles. The molecule has 164 valence electrons. The minimum Gasteiger partial charge on any atom is -0.511 e. The highest BCUT2D eigenvalue weighted by atomic mass is 79.9. The van der Waals surface area contributed by atoms with Gasteiger partial charge in [-0.15, -0.1) is 0 Å². The molecule has 0 radical (unpaired) electrons. The summed E-state index contributed by atoms with van der Waals surface area (Å²) in [5, 5.41) is 53.9. The lowest BCUT2D eigenvalue weighted by atomic mass is 9.56. The van der Waals surface area contributed by atoms with Gasteiger partial charge in [0.25, 0.3) is 5.91 Å². The molecule has 0 aromatic heterocycles. The van der Waals surface area contributed by atoms with Gasteiger partial charge in [-0.05, 0) is 33.5 Å².